The van der Waals surface area contributed by atoms with Crippen molar-refractivity contribution in [1.82, 2.24) is 5.32 Å². The topological polar surface area (TPSA) is 95.9 Å². The van der Waals surface area contributed by atoms with Crippen LogP contribution in [-0.2, 0) is 14.3 Å². The second-order valence-corrected chi connectivity index (χ2v) is 18.2. The average Bonchev–Trinajstić information content (AvgIpc) is 3.27. The summed E-state index contributed by atoms with van der Waals surface area (Å²) in [5.74, 6) is -0.151. The maximum atomic E-state index is 12.4. The minimum atomic E-state index is -0.868. The lowest BCUT2D eigenvalue weighted by Gasteiger charge is -2.20. The molecule has 0 saturated carbocycles. The van der Waals surface area contributed by atoms with Crippen molar-refractivity contribution in [2.24, 2.45) is 0 Å². The summed E-state index contributed by atoms with van der Waals surface area (Å²) in [4.78, 5) is 24.5. The van der Waals surface area contributed by atoms with E-state index in [2.05, 4.69) is 55.6 Å². The highest BCUT2D eigenvalue weighted by Gasteiger charge is 2.18. The normalized spacial score (nSPS) is 13.0. The van der Waals surface area contributed by atoms with Crippen LogP contribution in [0.1, 0.15) is 271 Å². The van der Waals surface area contributed by atoms with Gasteiger partial charge in [-0.2, -0.15) is 0 Å². The minimum Gasteiger partial charge on any atom is -0.466 e. The van der Waals surface area contributed by atoms with E-state index in [0.717, 1.165) is 83.5 Å². The molecule has 3 N–H and O–H groups in total. The first-order valence-corrected chi connectivity index (χ1v) is 26.9. The molecule has 0 spiro atoms. The van der Waals surface area contributed by atoms with Gasteiger partial charge in [0.2, 0.25) is 5.91 Å². The molecular weight excluding hydrogens is 767 g/mol. The molecule has 0 aliphatic carbocycles. The molecule has 0 fully saturated rings. The van der Waals surface area contributed by atoms with Crippen molar-refractivity contribution in [3.05, 3.63) is 48.6 Å². The van der Waals surface area contributed by atoms with Crippen LogP contribution >= 0.6 is 0 Å². The Balaban J connectivity index is 3.57. The van der Waals surface area contributed by atoms with E-state index in [9.17, 15) is 19.8 Å². The van der Waals surface area contributed by atoms with E-state index in [1.54, 1.807) is 6.08 Å². The molecule has 0 saturated heterocycles. The quantitative estimate of drug-likeness (QED) is 0.0322. The van der Waals surface area contributed by atoms with Gasteiger partial charge in [0.05, 0.1) is 25.4 Å². The summed E-state index contributed by atoms with van der Waals surface area (Å²) in [5.41, 5.74) is 0. The summed E-state index contributed by atoms with van der Waals surface area (Å²) in [6, 6.07) is -0.655. The minimum absolute atomic E-state index is 0.0467. The molecule has 362 valence electrons. The first-order valence-electron chi connectivity index (χ1n) is 26.9. The molecule has 0 aromatic rings. The Bertz CT molecular complexity index is 1050. The SMILES string of the molecule is CCCCC/C=C\C/C=C\CCCCCCCCCC(=O)OCCCC/C=C\CCCCCCC(=O)NC(CO)C(O)/C=C/CCCCCCCCCCCCCCCCCC. The number of aliphatic hydroxyl groups excluding tert-OH is 2. The number of hydrogen-bond acceptors (Lipinski definition) is 5. The lowest BCUT2D eigenvalue weighted by Crippen LogP contribution is -2.45. The third-order valence-electron chi connectivity index (χ3n) is 12.1. The summed E-state index contributed by atoms with van der Waals surface area (Å²) >= 11 is 0. The molecule has 0 aliphatic rings. The van der Waals surface area contributed by atoms with E-state index in [1.807, 2.05) is 6.08 Å². The number of hydrogen-bond donors (Lipinski definition) is 3. The van der Waals surface area contributed by atoms with Crippen LogP contribution in [0.4, 0.5) is 0 Å². The highest BCUT2D eigenvalue weighted by molar-refractivity contribution is 5.76. The molecule has 0 rings (SSSR count). The predicted molar refractivity (Wildman–Crippen MR) is 269 cm³/mol. The number of unbranched alkanes of at least 4 members (excludes halogenated alkanes) is 32. The van der Waals surface area contributed by atoms with Gasteiger partial charge in [-0.25, -0.2) is 0 Å². The number of ether oxygens (including phenoxy) is 1. The fraction of sp³-hybridized carbons (Fsp3) is 0.821. The van der Waals surface area contributed by atoms with E-state index >= 15 is 0 Å². The van der Waals surface area contributed by atoms with Crippen molar-refractivity contribution in [2.45, 2.75) is 283 Å². The molecule has 0 aromatic heterocycles. The van der Waals surface area contributed by atoms with Crippen LogP contribution in [-0.4, -0.2) is 47.4 Å². The van der Waals surface area contributed by atoms with E-state index in [1.165, 1.54) is 161 Å². The molecule has 1 amide bonds. The highest BCUT2D eigenvalue weighted by atomic mass is 16.5. The van der Waals surface area contributed by atoms with E-state index in [0.29, 0.717) is 19.4 Å². The van der Waals surface area contributed by atoms with Crippen LogP contribution in [0.25, 0.3) is 0 Å². The molecular formula is C56H103NO5. The second kappa shape index (κ2) is 51.5. The van der Waals surface area contributed by atoms with Crippen molar-refractivity contribution < 1.29 is 24.5 Å². The number of amides is 1. The van der Waals surface area contributed by atoms with Crippen LogP contribution in [0, 0.1) is 0 Å². The summed E-state index contributed by atoms with van der Waals surface area (Å²) in [5, 5.41) is 23.1. The summed E-state index contributed by atoms with van der Waals surface area (Å²) in [7, 11) is 0. The lowest BCUT2D eigenvalue weighted by atomic mass is 10.0. The van der Waals surface area contributed by atoms with Crippen molar-refractivity contribution in [2.75, 3.05) is 13.2 Å². The maximum Gasteiger partial charge on any atom is 0.305 e. The number of aliphatic hydroxyl groups is 2. The number of carbonyl (C=O) groups is 2. The molecule has 2 atom stereocenters. The molecule has 0 radical (unpaired) electrons. The Labute approximate surface area is 385 Å². The molecule has 0 bridgehead atoms. The number of allylic oxidation sites excluding steroid dienone is 7. The first kappa shape index (κ1) is 59.8. The van der Waals surface area contributed by atoms with Gasteiger partial charge in [-0.05, 0) is 89.9 Å². The molecule has 0 heterocycles. The molecule has 6 nitrogen and oxygen atoms in total. The van der Waals surface area contributed by atoms with Gasteiger partial charge in [-0.1, -0.05) is 217 Å². The zero-order chi connectivity index (χ0) is 45.1. The smallest absolute Gasteiger partial charge is 0.305 e. The van der Waals surface area contributed by atoms with Crippen LogP contribution < -0.4 is 5.32 Å². The maximum absolute atomic E-state index is 12.4. The Morgan fingerprint density at radius 2 is 0.806 bits per heavy atom. The summed E-state index contributed by atoms with van der Waals surface area (Å²) in [6.07, 6.45) is 64.0. The fourth-order valence-electron chi connectivity index (χ4n) is 7.89. The van der Waals surface area contributed by atoms with Gasteiger partial charge in [0.25, 0.3) is 0 Å². The van der Waals surface area contributed by atoms with E-state index in [4.69, 9.17) is 4.74 Å². The van der Waals surface area contributed by atoms with Gasteiger partial charge in [-0.3, -0.25) is 9.59 Å². The van der Waals surface area contributed by atoms with Crippen LogP contribution in [0.3, 0.4) is 0 Å². The van der Waals surface area contributed by atoms with Crippen molar-refractivity contribution >= 4 is 11.9 Å². The van der Waals surface area contributed by atoms with Crippen LogP contribution in [0.15, 0.2) is 48.6 Å². The van der Waals surface area contributed by atoms with Gasteiger partial charge in [0.15, 0.2) is 0 Å². The van der Waals surface area contributed by atoms with Crippen molar-refractivity contribution in [3.8, 4) is 0 Å². The predicted octanol–water partition coefficient (Wildman–Crippen LogP) is 16.2. The highest BCUT2D eigenvalue weighted by Crippen LogP contribution is 2.15. The van der Waals surface area contributed by atoms with Crippen molar-refractivity contribution in [3.63, 3.8) is 0 Å². The first-order chi connectivity index (χ1) is 30.5. The Morgan fingerprint density at radius 3 is 1.27 bits per heavy atom. The van der Waals surface area contributed by atoms with Gasteiger partial charge >= 0.3 is 5.97 Å². The van der Waals surface area contributed by atoms with Gasteiger partial charge in [0, 0.05) is 12.8 Å². The third-order valence-corrected chi connectivity index (χ3v) is 12.1. The zero-order valence-electron chi connectivity index (χ0n) is 41.1. The molecule has 6 heteroatoms. The molecule has 2 unspecified atom stereocenters. The Kier molecular flexibility index (Phi) is 49.6. The van der Waals surface area contributed by atoms with Crippen LogP contribution in [0.5, 0.6) is 0 Å². The van der Waals surface area contributed by atoms with Gasteiger partial charge in [0.1, 0.15) is 0 Å². The van der Waals surface area contributed by atoms with Crippen molar-refractivity contribution in [1.29, 1.82) is 0 Å². The Hall–Kier alpha value is -2.18. The number of esters is 1. The molecule has 0 aliphatic heterocycles. The second-order valence-electron chi connectivity index (χ2n) is 18.2. The fourth-order valence-corrected chi connectivity index (χ4v) is 7.89. The summed E-state index contributed by atoms with van der Waals surface area (Å²) < 4.78 is 5.44. The van der Waals surface area contributed by atoms with Gasteiger partial charge in [-0.15, -0.1) is 0 Å². The number of rotatable bonds is 49. The van der Waals surface area contributed by atoms with Crippen LogP contribution in [0.2, 0.25) is 0 Å². The summed E-state index contributed by atoms with van der Waals surface area (Å²) in [6.45, 7) is 4.78. The monoisotopic (exact) mass is 870 g/mol. The largest absolute Gasteiger partial charge is 0.466 e. The zero-order valence-corrected chi connectivity index (χ0v) is 41.1. The standard InChI is InChI=1S/C56H103NO5/c1-3-5-7-9-11-13-15-17-19-21-23-24-26-28-32-36-40-44-48-54(59)53(52-58)57-55(60)49-45-41-37-33-30-31-35-39-43-47-51-62-56(61)50-46-42-38-34-29-27-25-22-20-18-16-14-12-10-8-6-4-2/h12,14,18,20,31,35,44,48,53-54,58-59H,3-11,13,15-17,19,21-30,32-34,36-43,45-47,49-52H2,1-2H3,(H,57,60)/b14-12-,20-18-,35-31-,48-44+. The number of nitrogens with one attached hydrogen (secondary N) is 1. The average molecular weight is 870 g/mol. The molecule has 0 aromatic carbocycles. The van der Waals surface area contributed by atoms with Gasteiger partial charge < -0.3 is 20.3 Å². The van der Waals surface area contributed by atoms with E-state index < -0.39 is 12.1 Å². The van der Waals surface area contributed by atoms with E-state index in [-0.39, 0.29) is 18.5 Å². The lowest BCUT2D eigenvalue weighted by molar-refractivity contribution is -0.143. The third kappa shape index (κ3) is 47.3. The molecule has 62 heavy (non-hydrogen) atoms. The number of carbonyl (C=O) groups excluding carboxylic acids is 2. The Morgan fingerprint density at radius 1 is 0.452 bits per heavy atom.